The molecule has 0 radical (unpaired) electrons. The summed E-state index contributed by atoms with van der Waals surface area (Å²) in [7, 11) is 0. The number of hydrogen-bond acceptors (Lipinski definition) is 6. The Bertz CT molecular complexity index is 958. The molecule has 0 N–H and O–H groups in total. The number of carbonyl (C=O) groups is 1. The fourth-order valence-electron chi connectivity index (χ4n) is 3.10. The zero-order valence-corrected chi connectivity index (χ0v) is 14.8. The molecule has 26 heavy (non-hydrogen) atoms. The molecule has 0 bridgehead atoms. The first kappa shape index (κ1) is 16.5. The van der Waals surface area contributed by atoms with E-state index in [1.54, 1.807) is 29.5 Å². The van der Waals surface area contributed by atoms with Crippen LogP contribution in [0.5, 0.6) is 0 Å². The summed E-state index contributed by atoms with van der Waals surface area (Å²) >= 11 is 1.71. The van der Waals surface area contributed by atoms with Crippen LogP contribution in [0.3, 0.4) is 0 Å². The van der Waals surface area contributed by atoms with Crippen LogP contribution in [0.4, 0.5) is 0 Å². The minimum atomic E-state index is -0.0533. The van der Waals surface area contributed by atoms with Crippen molar-refractivity contribution in [1.29, 1.82) is 5.26 Å². The number of benzene rings is 1. The van der Waals surface area contributed by atoms with E-state index in [4.69, 9.17) is 9.78 Å². The molecule has 0 spiro atoms. The maximum Gasteiger partial charge on any atom is 0.257 e. The highest BCUT2D eigenvalue weighted by Gasteiger charge is 2.33. The SMILES string of the molecule is N#Cc1cccc(-c2nc(C3CC(=O)N(CCc4cccs4)C3)no2)c1. The van der Waals surface area contributed by atoms with Gasteiger partial charge in [0.25, 0.3) is 5.89 Å². The third-order valence-corrected chi connectivity index (χ3v) is 5.40. The van der Waals surface area contributed by atoms with Gasteiger partial charge in [0, 0.05) is 35.9 Å². The van der Waals surface area contributed by atoms with Gasteiger partial charge < -0.3 is 9.42 Å². The number of nitrogens with zero attached hydrogens (tertiary/aromatic N) is 4. The lowest BCUT2D eigenvalue weighted by Gasteiger charge is -2.15. The largest absolute Gasteiger partial charge is 0.342 e. The minimum Gasteiger partial charge on any atom is -0.342 e. The fourth-order valence-corrected chi connectivity index (χ4v) is 3.80. The van der Waals surface area contributed by atoms with Gasteiger partial charge >= 0.3 is 0 Å². The lowest BCUT2D eigenvalue weighted by Crippen LogP contribution is -2.27. The Morgan fingerprint density at radius 3 is 3.08 bits per heavy atom. The van der Waals surface area contributed by atoms with Crippen LogP contribution >= 0.6 is 11.3 Å². The van der Waals surface area contributed by atoms with Gasteiger partial charge in [-0.1, -0.05) is 17.3 Å². The normalized spacial score (nSPS) is 16.8. The zero-order chi connectivity index (χ0) is 17.9. The topological polar surface area (TPSA) is 83.0 Å². The Kier molecular flexibility index (Phi) is 4.50. The molecule has 1 amide bonds. The molecule has 3 heterocycles. The number of hydrogen-bond donors (Lipinski definition) is 0. The molecule has 1 fully saturated rings. The monoisotopic (exact) mass is 364 g/mol. The van der Waals surface area contributed by atoms with Crippen molar-refractivity contribution in [3.8, 4) is 17.5 Å². The molecule has 1 atom stereocenters. The summed E-state index contributed by atoms with van der Waals surface area (Å²) in [4.78, 5) is 19.9. The van der Waals surface area contributed by atoms with E-state index in [1.807, 2.05) is 22.4 Å². The molecule has 1 aromatic carbocycles. The van der Waals surface area contributed by atoms with Crippen molar-refractivity contribution in [3.63, 3.8) is 0 Å². The number of thiophene rings is 1. The molecule has 1 aliphatic rings. The van der Waals surface area contributed by atoms with E-state index in [9.17, 15) is 4.79 Å². The Hall–Kier alpha value is -2.98. The summed E-state index contributed by atoms with van der Waals surface area (Å²) in [6.45, 7) is 1.33. The van der Waals surface area contributed by atoms with Crippen LogP contribution in [0, 0.1) is 11.3 Å². The summed E-state index contributed by atoms with van der Waals surface area (Å²) in [5.74, 6) is 1.00. The predicted octanol–water partition coefficient (Wildman–Crippen LogP) is 3.23. The second-order valence-corrected chi connectivity index (χ2v) is 7.25. The summed E-state index contributed by atoms with van der Waals surface area (Å²) in [5, 5.41) is 15.1. The predicted molar refractivity (Wildman–Crippen MR) is 96.4 cm³/mol. The molecular weight excluding hydrogens is 348 g/mol. The van der Waals surface area contributed by atoms with Gasteiger partial charge in [0.2, 0.25) is 5.91 Å². The van der Waals surface area contributed by atoms with Crippen LogP contribution in [-0.2, 0) is 11.2 Å². The molecular formula is C19H16N4O2S. The number of likely N-dealkylation sites (tertiary alicyclic amines) is 1. The van der Waals surface area contributed by atoms with Crippen LogP contribution in [0.1, 0.15) is 28.6 Å². The highest BCUT2D eigenvalue weighted by molar-refractivity contribution is 7.09. The van der Waals surface area contributed by atoms with Crippen LogP contribution in [-0.4, -0.2) is 34.0 Å². The molecule has 130 valence electrons. The molecule has 2 aromatic heterocycles. The average molecular weight is 364 g/mol. The Morgan fingerprint density at radius 2 is 2.27 bits per heavy atom. The fraction of sp³-hybridized carbons (Fsp3) is 0.263. The Balaban J connectivity index is 1.44. The van der Waals surface area contributed by atoms with Gasteiger partial charge in [-0.25, -0.2) is 0 Å². The minimum absolute atomic E-state index is 0.0533. The van der Waals surface area contributed by atoms with Crippen LogP contribution in [0.15, 0.2) is 46.3 Å². The molecule has 0 aliphatic carbocycles. The summed E-state index contributed by atoms with van der Waals surface area (Å²) in [6.07, 6.45) is 1.27. The van der Waals surface area contributed by atoms with Crippen molar-refractivity contribution < 1.29 is 9.32 Å². The molecule has 7 heteroatoms. The van der Waals surface area contributed by atoms with Gasteiger partial charge in [0.15, 0.2) is 5.82 Å². The molecule has 1 unspecified atom stereocenters. The first-order valence-corrected chi connectivity index (χ1v) is 9.25. The van der Waals surface area contributed by atoms with Gasteiger partial charge in [-0.15, -0.1) is 11.3 Å². The van der Waals surface area contributed by atoms with Crippen LogP contribution in [0.2, 0.25) is 0 Å². The Labute approximate surface area is 154 Å². The lowest BCUT2D eigenvalue weighted by molar-refractivity contribution is -0.127. The van der Waals surface area contributed by atoms with E-state index in [-0.39, 0.29) is 11.8 Å². The lowest BCUT2D eigenvalue weighted by atomic mass is 10.1. The summed E-state index contributed by atoms with van der Waals surface area (Å²) < 4.78 is 5.35. The van der Waals surface area contributed by atoms with Gasteiger partial charge in [0.1, 0.15) is 0 Å². The Morgan fingerprint density at radius 1 is 1.35 bits per heavy atom. The summed E-state index contributed by atoms with van der Waals surface area (Å²) in [6, 6.07) is 13.2. The van der Waals surface area contributed by atoms with Gasteiger partial charge in [0.05, 0.1) is 11.6 Å². The highest BCUT2D eigenvalue weighted by atomic mass is 32.1. The van der Waals surface area contributed by atoms with Crippen molar-refractivity contribution in [2.45, 2.75) is 18.8 Å². The second-order valence-electron chi connectivity index (χ2n) is 6.22. The van der Waals surface area contributed by atoms with Crippen molar-refractivity contribution >= 4 is 17.2 Å². The summed E-state index contributed by atoms with van der Waals surface area (Å²) in [5.41, 5.74) is 1.25. The van der Waals surface area contributed by atoms with E-state index in [2.05, 4.69) is 22.3 Å². The number of carbonyl (C=O) groups excluding carboxylic acids is 1. The maximum absolute atomic E-state index is 12.3. The van der Waals surface area contributed by atoms with E-state index in [0.717, 1.165) is 6.42 Å². The zero-order valence-electron chi connectivity index (χ0n) is 14.0. The third kappa shape index (κ3) is 3.37. The van der Waals surface area contributed by atoms with E-state index < -0.39 is 0 Å². The molecule has 3 aromatic rings. The van der Waals surface area contributed by atoms with Crippen LogP contribution in [0.25, 0.3) is 11.5 Å². The number of aromatic nitrogens is 2. The van der Waals surface area contributed by atoms with E-state index in [1.165, 1.54) is 4.88 Å². The van der Waals surface area contributed by atoms with Gasteiger partial charge in [-0.2, -0.15) is 10.2 Å². The molecule has 1 saturated heterocycles. The average Bonchev–Trinajstić information content (AvgIpc) is 3.41. The number of amides is 1. The molecule has 6 nitrogen and oxygen atoms in total. The van der Waals surface area contributed by atoms with E-state index >= 15 is 0 Å². The third-order valence-electron chi connectivity index (χ3n) is 4.47. The molecule has 0 saturated carbocycles. The van der Waals surface area contributed by atoms with Crippen molar-refractivity contribution in [2.75, 3.05) is 13.1 Å². The standard InChI is InChI=1S/C19H16N4O2S/c20-11-13-3-1-4-14(9-13)19-21-18(22-25-19)15-10-17(24)23(12-15)7-6-16-5-2-8-26-16/h1-5,8-9,15H,6-7,10,12H2. The molecule has 1 aliphatic heterocycles. The quantitative estimate of drug-likeness (QED) is 0.694. The highest BCUT2D eigenvalue weighted by Crippen LogP contribution is 2.28. The second kappa shape index (κ2) is 7.10. The maximum atomic E-state index is 12.3. The van der Waals surface area contributed by atoms with Crippen molar-refractivity contribution in [2.24, 2.45) is 0 Å². The van der Waals surface area contributed by atoms with Gasteiger partial charge in [-0.05, 0) is 36.1 Å². The number of nitriles is 1. The van der Waals surface area contributed by atoms with Crippen molar-refractivity contribution in [1.82, 2.24) is 15.0 Å². The van der Waals surface area contributed by atoms with Crippen molar-refractivity contribution in [3.05, 3.63) is 58.0 Å². The molecule has 4 rings (SSSR count). The van der Waals surface area contributed by atoms with Gasteiger partial charge in [-0.3, -0.25) is 4.79 Å². The first-order valence-electron chi connectivity index (χ1n) is 8.37. The first-order chi connectivity index (χ1) is 12.7. The smallest absolute Gasteiger partial charge is 0.257 e. The number of rotatable bonds is 5. The van der Waals surface area contributed by atoms with E-state index in [0.29, 0.717) is 42.4 Å². The van der Waals surface area contributed by atoms with Crippen LogP contribution < -0.4 is 0 Å².